The molecule has 1 saturated carbocycles. The van der Waals surface area contributed by atoms with Gasteiger partial charge in [-0.1, -0.05) is 0 Å². The number of aromatic nitrogens is 4. The molecule has 0 atom stereocenters. The summed E-state index contributed by atoms with van der Waals surface area (Å²) in [6.07, 6.45) is 5.34. The number of thiazole rings is 1. The first-order chi connectivity index (χ1) is 15.8. The number of carbonyl (C=O) groups is 1. The molecule has 1 fully saturated rings. The second-order valence-electron chi connectivity index (χ2n) is 8.21. The van der Waals surface area contributed by atoms with Gasteiger partial charge in [-0.25, -0.2) is 23.1 Å². The Morgan fingerprint density at radius 1 is 1.21 bits per heavy atom. The lowest BCUT2D eigenvalue weighted by atomic mass is 10.1. The van der Waals surface area contributed by atoms with Crippen LogP contribution in [0.2, 0.25) is 0 Å². The molecule has 0 radical (unpaired) electrons. The molecule has 33 heavy (non-hydrogen) atoms. The minimum absolute atomic E-state index is 0.0798. The van der Waals surface area contributed by atoms with E-state index in [0.29, 0.717) is 33.3 Å². The zero-order valence-corrected chi connectivity index (χ0v) is 19.7. The molecule has 0 spiro atoms. The van der Waals surface area contributed by atoms with Gasteiger partial charge in [-0.05, 0) is 57.0 Å². The normalized spacial score (nSPS) is 14.0. The fourth-order valence-electron chi connectivity index (χ4n) is 3.55. The van der Waals surface area contributed by atoms with Gasteiger partial charge in [0.15, 0.2) is 10.8 Å². The number of hydrogen-bond donors (Lipinski definition) is 2. The van der Waals surface area contributed by atoms with Gasteiger partial charge in [0, 0.05) is 34.9 Å². The van der Waals surface area contributed by atoms with E-state index in [4.69, 9.17) is 4.98 Å². The van der Waals surface area contributed by atoms with E-state index < -0.39 is 10.0 Å². The summed E-state index contributed by atoms with van der Waals surface area (Å²) in [5.74, 6) is 0.0930. The number of anilines is 2. The molecule has 1 aliphatic rings. The summed E-state index contributed by atoms with van der Waals surface area (Å²) in [5.41, 5.74) is 2.61. The maximum Gasteiger partial charge on any atom is 0.263 e. The number of nitrogens with one attached hydrogen (secondary N) is 2. The lowest BCUT2D eigenvalue weighted by Crippen LogP contribution is -2.15. The SMILES string of the molecule is CC(C)n1ncc2c(C(=O)Nc3ccc(S(=O)(=O)Nc4nccs4)cc3)cc(C3CC3)nc21. The zero-order chi connectivity index (χ0) is 23.2. The van der Waals surface area contributed by atoms with Crippen molar-refractivity contribution in [2.75, 3.05) is 10.0 Å². The number of pyridine rings is 1. The number of benzene rings is 1. The molecule has 1 amide bonds. The van der Waals surface area contributed by atoms with Crippen molar-refractivity contribution in [3.63, 3.8) is 0 Å². The Labute approximate surface area is 194 Å². The number of sulfonamides is 1. The molecule has 0 saturated heterocycles. The highest BCUT2D eigenvalue weighted by molar-refractivity contribution is 7.93. The molecule has 5 rings (SSSR count). The largest absolute Gasteiger partial charge is 0.322 e. The molecule has 2 N–H and O–H groups in total. The first-order valence-corrected chi connectivity index (χ1v) is 12.9. The first-order valence-electron chi connectivity index (χ1n) is 10.5. The Morgan fingerprint density at radius 2 is 1.97 bits per heavy atom. The predicted molar refractivity (Wildman–Crippen MR) is 127 cm³/mol. The maximum absolute atomic E-state index is 13.2. The molecular formula is C22H22N6O3S2. The second-order valence-corrected chi connectivity index (χ2v) is 10.8. The molecular weight excluding hydrogens is 460 g/mol. The highest BCUT2D eigenvalue weighted by Gasteiger charge is 2.28. The van der Waals surface area contributed by atoms with Gasteiger partial charge >= 0.3 is 0 Å². The van der Waals surface area contributed by atoms with Crippen LogP contribution in [0.1, 0.15) is 54.7 Å². The molecule has 4 aromatic rings. The lowest BCUT2D eigenvalue weighted by molar-refractivity contribution is 0.102. The fourth-order valence-corrected chi connectivity index (χ4v) is 5.34. The van der Waals surface area contributed by atoms with Gasteiger partial charge in [0.25, 0.3) is 15.9 Å². The van der Waals surface area contributed by atoms with Crippen LogP contribution in [-0.4, -0.2) is 34.1 Å². The minimum atomic E-state index is -3.76. The van der Waals surface area contributed by atoms with Gasteiger partial charge < -0.3 is 5.32 Å². The van der Waals surface area contributed by atoms with Crippen molar-refractivity contribution < 1.29 is 13.2 Å². The van der Waals surface area contributed by atoms with E-state index in [9.17, 15) is 13.2 Å². The van der Waals surface area contributed by atoms with Crippen molar-refractivity contribution >= 4 is 49.1 Å². The lowest BCUT2D eigenvalue weighted by Gasteiger charge is -2.11. The smallest absolute Gasteiger partial charge is 0.263 e. The van der Waals surface area contributed by atoms with Crippen molar-refractivity contribution in [3.8, 4) is 0 Å². The second kappa shape index (κ2) is 8.23. The maximum atomic E-state index is 13.2. The Bertz CT molecular complexity index is 1420. The molecule has 9 nitrogen and oxygen atoms in total. The summed E-state index contributed by atoms with van der Waals surface area (Å²) in [5, 5.41) is 9.97. The van der Waals surface area contributed by atoms with Crippen molar-refractivity contribution in [2.24, 2.45) is 0 Å². The number of nitrogens with zero attached hydrogens (tertiary/aromatic N) is 4. The standard InChI is InChI=1S/C22H22N6O3S2/c1-13(2)28-20-18(12-24-28)17(11-19(26-20)14-3-4-14)21(29)25-15-5-7-16(8-6-15)33(30,31)27-22-23-9-10-32-22/h5-14H,3-4H2,1-2H3,(H,23,27)(H,25,29). The predicted octanol–water partition coefficient (Wildman–Crippen LogP) is 4.40. The van der Waals surface area contributed by atoms with E-state index in [2.05, 4.69) is 20.1 Å². The van der Waals surface area contributed by atoms with Crippen LogP contribution in [-0.2, 0) is 10.0 Å². The van der Waals surface area contributed by atoms with Crippen molar-refractivity contribution in [3.05, 3.63) is 59.4 Å². The average Bonchev–Trinajstić information content (AvgIpc) is 3.34. The van der Waals surface area contributed by atoms with Crippen LogP contribution in [0.15, 0.2) is 53.0 Å². The molecule has 170 valence electrons. The Kier molecular flexibility index (Phi) is 5.37. The van der Waals surface area contributed by atoms with E-state index in [0.717, 1.165) is 18.5 Å². The summed E-state index contributed by atoms with van der Waals surface area (Å²) >= 11 is 1.20. The molecule has 0 unspecified atom stereocenters. The number of fused-ring (bicyclic) bond motifs is 1. The monoisotopic (exact) mass is 482 g/mol. The zero-order valence-electron chi connectivity index (χ0n) is 18.0. The Morgan fingerprint density at radius 3 is 2.61 bits per heavy atom. The number of amides is 1. The topological polar surface area (TPSA) is 119 Å². The quantitative estimate of drug-likeness (QED) is 0.403. The third kappa shape index (κ3) is 4.33. The van der Waals surface area contributed by atoms with Crippen LogP contribution in [0.5, 0.6) is 0 Å². The van der Waals surface area contributed by atoms with E-state index >= 15 is 0 Å². The van der Waals surface area contributed by atoms with Crippen LogP contribution < -0.4 is 10.0 Å². The first kappa shape index (κ1) is 21.5. The number of rotatable bonds is 7. The van der Waals surface area contributed by atoms with Gasteiger partial charge in [0.05, 0.1) is 22.0 Å². The summed E-state index contributed by atoms with van der Waals surface area (Å²) < 4.78 is 29.3. The van der Waals surface area contributed by atoms with E-state index in [1.54, 1.807) is 23.7 Å². The Balaban J connectivity index is 1.41. The molecule has 3 aromatic heterocycles. The van der Waals surface area contributed by atoms with Gasteiger partial charge in [0.1, 0.15) is 0 Å². The molecule has 3 heterocycles. The summed E-state index contributed by atoms with van der Waals surface area (Å²) in [6.45, 7) is 4.05. The van der Waals surface area contributed by atoms with Crippen LogP contribution in [0.25, 0.3) is 11.0 Å². The van der Waals surface area contributed by atoms with Crippen LogP contribution >= 0.6 is 11.3 Å². The highest BCUT2D eigenvalue weighted by atomic mass is 32.2. The number of carbonyl (C=O) groups excluding carboxylic acids is 1. The summed E-state index contributed by atoms with van der Waals surface area (Å²) in [7, 11) is -3.76. The minimum Gasteiger partial charge on any atom is -0.322 e. The van der Waals surface area contributed by atoms with Gasteiger partial charge in [-0.15, -0.1) is 11.3 Å². The van der Waals surface area contributed by atoms with Gasteiger partial charge in [-0.3, -0.25) is 9.52 Å². The molecule has 11 heteroatoms. The van der Waals surface area contributed by atoms with Crippen molar-refractivity contribution in [2.45, 2.75) is 43.5 Å². The molecule has 0 bridgehead atoms. The average molecular weight is 483 g/mol. The van der Waals surface area contributed by atoms with E-state index in [1.807, 2.05) is 24.6 Å². The Hall–Kier alpha value is -3.31. The fraction of sp³-hybridized carbons (Fsp3) is 0.273. The van der Waals surface area contributed by atoms with Crippen molar-refractivity contribution in [1.82, 2.24) is 19.7 Å². The van der Waals surface area contributed by atoms with Crippen LogP contribution in [0.3, 0.4) is 0 Å². The van der Waals surface area contributed by atoms with E-state index in [1.165, 1.54) is 29.7 Å². The third-order valence-corrected chi connectivity index (χ3v) is 7.56. The molecule has 0 aliphatic heterocycles. The van der Waals surface area contributed by atoms with Gasteiger partial charge in [-0.2, -0.15) is 5.10 Å². The van der Waals surface area contributed by atoms with Crippen LogP contribution in [0.4, 0.5) is 10.8 Å². The number of hydrogen-bond acceptors (Lipinski definition) is 7. The molecule has 1 aliphatic carbocycles. The van der Waals surface area contributed by atoms with Crippen LogP contribution in [0, 0.1) is 0 Å². The molecule has 1 aromatic carbocycles. The summed E-state index contributed by atoms with van der Waals surface area (Å²) in [4.78, 5) is 22.0. The van der Waals surface area contributed by atoms with Gasteiger partial charge in [0.2, 0.25) is 0 Å². The van der Waals surface area contributed by atoms with Crippen molar-refractivity contribution in [1.29, 1.82) is 0 Å². The highest BCUT2D eigenvalue weighted by Crippen LogP contribution is 2.40. The third-order valence-electron chi connectivity index (χ3n) is 5.39. The summed E-state index contributed by atoms with van der Waals surface area (Å²) in [6, 6.07) is 7.98. The van der Waals surface area contributed by atoms with E-state index in [-0.39, 0.29) is 16.8 Å².